The number of ketones is 2. The summed E-state index contributed by atoms with van der Waals surface area (Å²) in [5.74, 6) is -1.90. The lowest BCUT2D eigenvalue weighted by molar-refractivity contribution is 0.0974. The average Bonchev–Trinajstić information content (AvgIpc) is 2.40. The van der Waals surface area contributed by atoms with Crippen LogP contribution in [0.1, 0.15) is 31.8 Å². The fourth-order valence-electron chi connectivity index (χ4n) is 2.28. The van der Waals surface area contributed by atoms with E-state index in [0.29, 0.717) is 0 Å². The lowest BCUT2D eigenvalue weighted by atomic mass is 9.83. The highest BCUT2D eigenvalue weighted by molar-refractivity contribution is 6.30. The number of anilines is 1. The maximum absolute atomic E-state index is 12.3. The summed E-state index contributed by atoms with van der Waals surface area (Å²) in [7, 11) is 0. The zero-order valence-corrected chi connectivity index (χ0v) is 9.68. The van der Waals surface area contributed by atoms with Crippen molar-refractivity contribution >= 4 is 17.3 Å². The molecule has 0 bridgehead atoms. The molecule has 0 radical (unpaired) electrons. The van der Waals surface area contributed by atoms with Crippen molar-refractivity contribution in [3.63, 3.8) is 0 Å². The Kier molecular flexibility index (Phi) is 2.13. The zero-order chi connectivity index (χ0) is 13.7. The molecule has 4 N–H and O–H groups in total. The van der Waals surface area contributed by atoms with Crippen LogP contribution in [0.5, 0.6) is 11.5 Å². The minimum Gasteiger partial charge on any atom is -0.507 e. The van der Waals surface area contributed by atoms with Gasteiger partial charge in [0.15, 0.2) is 17.3 Å². The van der Waals surface area contributed by atoms with E-state index in [2.05, 4.69) is 0 Å². The van der Waals surface area contributed by atoms with Gasteiger partial charge in [-0.05, 0) is 0 Å². The Balaban J connectivity index is 2.43. The molecular formula is C14H9NO4. The Hall–Kier alpha value is -2.82. The van der Waals surface area contributed by atoms with E-state index in [0.717, 1.165) is 6.07 Å². The van der Waals surface area contributed by atoms with Crippen LogP contribution in [0.3, 0.4) is 0 Å². The summed E-state index contributed by atoms with van der Waals surface area (Å²) < 4.78 is 0. The quantitative estimate of drug-likeness (QED) is 0.320. The molecule has 0 saturated heterocycles. The van der Waals surface area contributed by atoms with Gasteiger partial charge >= 0.3 is 0 Å². The molecule has 5 nitrogen and oxygen atoms in total. The Morgan fingerprint density at radius 1 is 0.895 bits per heavy atom. The van der Waals surface area contributed by atoms with E-state index in [9.17, 15) is 19.8 Å². The first kappa shape index (κ1) is 11.3. The van der Waals surface area contributed by atoms with Crippen LogP contribution in [0.25, 0.3) is 0 Å². The Bertz CT molecular complexity index is 749. The van der Waals surface area contributed by atoms with Gasteiger partial charge in [-0.3, -0.25) is 9.59 Å². The van der Waals surface area contributed by atoms with Gasteiger partial charge in [0.1, 0.15) is 5.75 Å². The number of nitrogens with two attached hydrogens (primary N) is 1. The lowest BCUT2D eigenvalue weighted by Crippen LogP contribution is -2.21. The van der Waals surface area contributed by atoms with Crippen molar-refractivity contribution in [3.05, 3.63) is 52.6 Å². The number of benzene rings is 2. The number of phenols is 2. The fourth-order valence-corrected chi connectivity index (χ4v) is 2.28. The van der Waals surface area contributed by atoms with Crippen molar-refractivity contribution in [2.45, 2.75) is 0 Å². The van der Waals surface area contributed by atoms with Gasteiger partial charge in [0.25, 0.3) is 0 Å². The third kappa shape index (κ3) is 1.35. The molecule has 5 heteroatoms. The molecule has 94 valence electrons. The predicted octanol–water partition coefficient (Wildman–Crippen LogP) is 1.46. The van der Waals surface area contributed by atoms with E-state index in [1.54, 1.807) is 12.1 Å². The summed E-state index contributed by atoms with van der Waals surface area (Å²) in [6.45, 7) is 0. The van der Waals surface area contributed by atoms with Crippen molar-refractivity contribution in [3.8, 4) is 11.5 Å². The van der Waals surface area contributed by atoms with Crippen LogP contribution in [-0.2, 0) is 0 Å². The third-order valence-electron chi connectivity index (χ3n) is 3.18. The summed E-state index contributed by atoms with van der Waals surface area (Å²) >= 11 is 0. The molecule has 0 unspecified atom stereocenters. The topological polar surface area (TPSA) is 101 Å². The molecule has 3 rings (SSSR count). The number of hydrogen-bond donors (Lipinski definition) is 3. The van der Waals surface area contributed by atoms with E-state index in [1.165, 1.54) is 12.1 Å². The molecule has 0 fully saturated rings. The largest absolute Gasteiger partial charge is 0.507 e. The highest BCUT2D eigenvalue weighted by atomic mass is 16.3. The number of fused-ring (bicyclic) bond motifs is 2. The maximum Gasteiger partial charge on any atom is 0.198 e. The zero-order valence-electron chi connectivity index (χ0n) is 9.68. The third-order valence-corrected chi connectivity index (χ3v) is 3.18. The summed E-state index contributed by atoms with van der Waals surface area (Å²) in [5.41, 5.74) is 5.33. The van der Waals surface area contributed by atoms with Gasteiger partial charge in [0, 0.05) is 17.2 Å². The normalized spacial score (nSPS) is 13.1. The van der Waals surface area contributed by atoms with Gasteiger partial charge in [-0.1, -0.05) is 24.3 Å². The molecule has 2 aromatic rings. The van der Waals surface area contributed by atoms with Crippen molar-refractivity contribution in [1.29, 1.82) is 0 Å². The number of hydrogen-bond acceptors (Lipinski definition) is 5. The lowest BCUT2D eigenvalue weighted by Gasteiger charge is -2.19. The summed E-state index contributed by atoms with van der Waals surface area (Å²) in [6, 6.07) is 7.32. The first-order valence-corrected chi connectivity index (χ1v) is 5.55. The van der Waals surface area contributed by atoms with Crippen molar-refractivity contribution in [1.82, 2.24) is 0 Å². The maximum atomic E-state index is 12.3. The number of carbonyl (C=O) groups is 2. The summed E-state index contributed by atoms with van der Waals surface area (Å²) in [5, 5.41) is 19.7. The number of aromatic hydroxyl groups is 2. The second kappa shape index (κ2) is 3.58. The fraction of sp³-hybridized carbons (Fsp3) is 0. The van der Waals surface area contributed by atoms with Crippen molar-refractivity contribution in [2.24, 2.45) is 0 Å². The van der Waals surface area contributed by atoms with Gasteiger partial charge in [0.05, 0.1) is 16.8 Å². The van der Waals surface area contributed by atoms with Gasteiger partial charge in [-0.2, -0.15) is 0 Å². The number of rotatable bonds is 0. The minimum absolute atomic E-state index is 0.142. The molecule has 0 atom stereocenters. The highest BCUT2D eigenvalue weighted by Crippen LogP contribution is 2.40. The standard InChI is InChI=1S/C14H9NO4/c15-8-5-9(16)10-11(14(8)19)13(18)7-4-2-1-3-6(7)12(10)17/h1-5,16,19H,15H2. The molecule has 1 aliphatic carbocycles. The first-order valence-electron chi connectivity index (χ1n) is 5.55. The van der Waals surface area contributed by atoms with E-state index < -0.39 is 23.1 Å². The van der Waals surface area contributed by atoms with Gasteiger partial charge in [0.2, 0.25) is 0 Å². The van der Waals surface area contributed by atoms with Crippen LogP contribution in [0.4, 0.5) is 5.69 Å². The van der Waals surface area contributed by atoms with Gasteiger partial charge in [-0.15, -0.1) is 0 Å². The second-order valence-electron chi connectivity index (χ2n) is 4.29. The van der Waals surface area contributed by atoms with Crippen molar-refractivity contribution < 1.29 is 19.8 Å². The smallest absolute Gasteiger partial charge is 0.198 e. The first-order chi connectivity index (χ1) is 9.02. The molecule has 1 aliphatic rings. The van der Waals surface area contributed by atoms with E-state index in [1.807, 2.05) is 0 Å². The van der Waals surface area contributed by atoms with Crippen LogP contribution >= 0.6 is 0 Å². The van der Waals surface area contributed by atoms with Crippen molar-refractivity contribution in [2.75, 3.05) is 5.73 Å². The predicted molar refractivity (Wildman–Crippen MR) is 67.5 cm³/mol. The van der Waals surface area contributed by atoms with Crippen LogP contribution in [0.15, 0.2) is 30.3 Å². The van der Waals surface area contributed by atoms with Crippen LogP contribution in [-0.4, -0.2) is 21.8 Å². The van der Waals surface area contributed by atoms with Crippen LogP contribution in [0, 0.1) is 0 Å². The SMILES string of the molecule is Nc1cc(O)c2c(c1O)C(=O)c1ccccc1C2=O. The number of nitrogen functional groups attached to an aromatic ring is 1. The van der Waals surface area contributed by atoms with Crippen LogP contribution < -0.4 is 5.73 Å². The summed E-state index contributed by atoms with van der Waals surface area (Å²) in [4.78, 5) is 24.6. The highest BCUT2D eigenvalue weighted by Gasteiger charge is 2.35. The molecule has 0 spiro atoms. The monoisotopic (exact) mass is 255 g/mol. The van der Waals surface area contributed by atoms with Crippen LogP contribution in [0.2, 0.25) is 0 Å². The summed E-state index contributed by atoms with van der Waals surface area (Å²) in [6.07, 6.45) is 0. The molecule has 0 saturated carbocycles. The Labute approximate surface area is 107 Å². The minimum atomic E-state index is -0.523. The molecule has 19 heavy (non-hydrogen) atoms. The molecule has 2 aromatic carbocycles. The van der Waals surface area contributed by atoms with Gasteiger partial charge in [-0.25, -0.2) is 0 Å². The Morgan fingerprint density at radius 2 is 1.42 bits per heavy atom. The van der Waals surface area contributed by atoms with Gasteiger partial charge < -0.3 is 15.9 Å². The molecule has 0 amide bonds. The second-order valence-corrected chi connectivity index (χ2v) is 4.29. The molecule has 0 aliphatic heterocycles. The average molecular weight is 255 g/mol. The molecule has 0 heterocycles. The van der Waals surface area contributed by atoms with E-state index >= 15 is 0 Å². The van der Waals surface area contributed by atoms with E-state index in [4.69, 9.17) is 5.73 Å². The number of carbonyl (C=O) groups excluding carboxylic acids is 2. The molecule has 0 aromatic heterocycles. The van der Waals surface area contributed by atoms with E-state index in [-0.39, 0.29) is 27.9 Å². The Morgan fingerprint density at radius 3 is 2.00 bits per heavy atom. The molecular weight excluding hydrogens is 246 g/mol. The number of phenolic OH excluding ortho intramolecular Hbond substituents is 2.